The van der Waals surface area contributed by atoms with Gasteiger partial charge >= 0.3 is 0 Å². The largest absolute Gasteiger partial charge is 0.308 e. The van der Waals surface area contributed by atoms with E-state index in [-0.39, 0.29) is 30.4 Å². The molecule has 2 heterocycles. The second-order valence-corrected chi connectivity index (χ2v) is 2.53. The number of hydrogen-bond acceptors (Lipinski definition) is 3. The van der Waals surface area contributed by atoms with Crippen LogP contribution in [0.3, 0.4) is 0 Å². The van der Waals surface area contributed by atoms with Gasteiger partial charge in [0.05, 0.1) is 6.54 Å². The van der Waals surface area contributed by atoms with E-state index in [0.717, 1.165) is 18.9 Å². The van der Waals surface area contributed by atoms with Crippen molar-refractivity contribution < 1.29 is 0 Å². The third-order valence-corrected chi connectivity index (χ3v) is 1.81. The maximum atomic E-state index is 11.2. The second kappa shape index (κ2) is 5.21. The highest BCUT2D eigenvalue weighted by Crippen LogP contribution is 1.95. The summed E-state index contributed by atoms with van der Waals surface area (Å²) in [5.41, 5.74) is 0.0523. The highest BCUT2D eigenvalue weighted by molar-refractivity contribution is 5.85. The molecule has 1 aromatic rings. The van der Waals surface area contributed by atoms with Crippen LogP contribution in [0.25, 0.3) is 0 Å². The third kappa shape index (κ3) is 2.43. The maximum absolute atomic E-state index is 11.2. The minimum absolute atomic E-state index is 0. The molecule has 1 aromatic heterocycles. The Labute approximate surface area is 88.2 Å². The van der Waals surface area contributed by atoms with Gasteiger partial charge in [0.2, 0.25) is 0 Å². The van der Waals surface area contributed by atoms with Crippen LogP contribution in [-0.4, -0.2) is 16.1 Å². The Hall–Kier alpha value is -0.580. The summed E-state index contributed by atoms with van der Waals surface area (Å²) in [7, 11) is 0. The zero-order valence-electron chi connectivity index (χ0n) is 6.90. The van der Waals surface area contributed by atoms with Crippen molar-refractivity contribution in [1.82, 2.24) is 14.9 Å². The molecule has 74 valence electrons. The van der Waals surface area contributed by atoms with E-state index in [4.69, 9.17) is 0 Å². The molecule has 0 spiro atoms. The predicted molar refractivity (Wildman–Crippen MR) is 54.7 cm³/mol. The summed E-state index contributed by atoms with van der Waals surface area (Å²) in [6.07, 6.45) is 1.56. The molecule has 13 heavy (non-hydrogen) atoms. The van der Waals surface area contributed by atoms with Gasteiger partial charge in [-0.3, -0.25) is 9.36 Å². The highest BCUT2D eigenvalue weighted by Gasteiger charge is 2.08. The van der Waals surface area contributed by atoms with Gasteiger partial charge in [0.1, 0.15) is 5.82 Å². The number of fused-ring (bicyclic) bond motifs is 1. The van der Waals surface area contributed by atoms with Crippen molar-refractivity contribution in [3.05, 3.63) is 28.4 Å². The van der Waals surface area contributed by atoms with Crippen LogP contribution in [0.1, 0.15) is 5.82 Å². The molecule has 0 aromatic carbocycles. The first-order valence-corrected chi connectivity index (χ1v) is 3.63. The van der Waals surface area contributed by atoms with Crippen LogP contribution in [0.5, 0.6) is 0 Å². The van der Waals surface area contributed by atoms with E-state index in [1.165, 1.54) is 6.07 Å². The lowest BCUT2D eigenvalue weighted by atomic mass is 10.4. The molecule has 0 saturated heterocycles. The van der Waals surface area contributed by atoms with Gasteiger partial charge in [0.15, 0.2) is 0 Å². The molecule has 0 amide bonds. The molecule has 1 N–H and O–H groups in total. The van der Waals surface area contributed by atoms with E-state index in [9.17, 15) is 4.79 Å². The summed E-state index contributed by atoms with van der Waals surface area (Å²) >= 11 is 0. The van der Waals surface area contributed by atoms with Crippen LogP contribution in [0, 0.1) is 0 Å². The van der Waals surface area contributed by atoms with Crippen molar-refractivity contribution in [2.24, 2.45) is 0 Å². The zero-order valence-corrected chi connectivity index (χ0v) is 8.53. The first-order valence-electron chi connectivity index (χ1n) is 3.63. The molecular weight excluding hydrogens is 213 g/mol. The van der Waals surface area contributed by atoms with Crippen LogP contribution in [0.2, 0.25) is 0 Å². The third-order valence-electron chi connectivity index (χ3n) is 1.81. The van der Waals surface area contributed by atoms with E-state index in [0.29, 0.717) is 6.54 Å². The summed E-state index contributed by atoms with van der Waals surface area (Å²) in [4.78, 5) is 15.2. The van der Waals surface area contributed by atoms with Gasteiger partial charge in [-0.05, 0) is 0 Å². The molecule has 4 nitrogen and oxygen atoms in total. The molecule has 0 bridgehead atoms. The highest BCUT2D eigenvalue weighted by atomic mass is 35.5. The van der Waals surface area contributed by atoms with Crippen molar-refractivity contribution in [3.63, 3.8) is 0 Å². The lowest BCUT2D eigenvalue weighted by molar-refractivity contribution is 0.481. The van der Waals surface area contributed by atoms with Gasteiger partial charge in [-0.15, -0.1) is 24.8 Å². The van der Waals surface area contributed by atoms with Gasteiger partial charge in [-0.2, -0.15) is 0 Å². The average molecular weight is 224 g/mol. The molecule has 0 fully saturated rings. The van der Waals surface area contributed by atoms with Gasteiger partial charge in [-0.1, -0.05) is 0 Å². The summed E-state index contributed by atoms with van der Waals surface area (Å²) in [5, 5.41) is 3.15. The molecule has 1 aliphatic heterocycles. The quantitative estimate of drug-likeness (QED) is 0.684. The van der Waals surface area contributed by atoms with Crippen LogP contribution in [-0.2, 0) is 13.1 Å². The SMILES string of the molecule is Cl.Cl.O=c1ccnc2n1CCNC2. The summed E-state index contributed by atoms with van der Waals surface area (Å²) in [6.45, 7) is 2.30. The molecule has 0 radical (unpaired) electrons. The van der Waals surface area contributed by atoms with Crippen molar-refractivity contribution in [3.8, 4) is 0 Å². The maximum Gasteiger partial charge on any atom is 0.253 e. The number of halogens is 2. The Bertz CT molecular complexity index is 326. The van der Waals surface area contributed by atoms with E-state index < -0.39 is 0 Å². The smallest absolute Gasteiger partial charge is 0.253 e. The van der Waals surface area contributed by atoms with Crippen LogP contribution < -0.4 is 10.9 Å². The summed E-state index contributed by atoms with van der Waals surface area (Å²) in [5.74, 6) is 0.837. The van der Waals surface area contributed by atoms with Crippen LogP contribution in [0.4, 0.5) is 0 Å². The summed E-state index contributed by atoms with van der Waals surface area (Å²) < 4.78 is 1.70. The fourth-order valence-corrected chi connectivity index (χ4v) is 1.25. The first kappa shape index (κ1) is 12.4. The van der Waals surface area contributed by atoms with Gasteiger partial charge in [-0.25, -0.2) is 4.98 Å². The standard InChI is InChI=1S/C7H9N3O.2ClH/c11-7-1-2-9-6-5-8-3-4-10(6)7;;/h1-2,8H,3-5H2;2*1H. The lowest BCUT2D eigenvalue weighted by Gasteiger charge is -2.16. The van der Waals surface area contributed by atoms with E-state index in [1.54, 1.807) is 10.8 Å². The Morgan fingerprint density at radius 2 is 2.23 bits per heavy atom. The number of rotatable bonds is 0. The van der Waals surface area contributed by atoms with Gasteiger partial charge in [0, 0.05) is 25.4 Å². The fourth-order valence-electron chi connectivity index (χ4n) is 1.25. The van der Waals surface area contributed by atoms with E-state index in [1.807, 2.05) is 0 Å². The minimum atomic E-state index is 0. The normalized spacial score (nSPS) is 13.5. The zero-order chi connectivity index (χ0) is 7.68. The van der Waals surface area contributed by atoms with Gasteiger partial charge < -0.3 is 5.32 Å². The Morgan fingerprint density at radius 1 is 1.46 bits per heavy atom. The molecule has 6 heteroatoms. The Morgan fingerprint density at radius 3 is 2.92 bits per heavy atom. The predicted octanol–water partition coefficient (Wildman–Crippen LogP) is 0.190. The van der Waals surface area contributed by atoms with Crippen LogP contribution >= 0.6 is 24.8 Å². The monoisotopic (exact) mass is 223 g/mol. The minimum Gasteiger partial charge on any atom is -0.308 e. The number of aromatic nitrogens is 2. The average Bonchev–Trinajstić information content (AvgIpc) is 2.06. The first-order chi connectivity index (χ1) is 5.38. The Balaban J connectivity index is 0.000000720. The van der Waals surface area contributed by atoms with Crippen molar-refractivity contribution in [1.29, 1.82) is 0 Å². The molecule has 0 aliphatic carbocycles. The van der Waals surface area contributed by atoms with Crippen molar-refractivity contribution >= 4 is 24.8 Å². The Kier molecular flexibility index (Phi) is 4.98. The fraction of sp³-hybridized carbons (Fsp3) is 0.429. The molecule has 0 unspecified atom stereocenters. The molecule has 0 saturated carbocycles. The summed E-state index contributed by atoms with van der Waals surface area (Å²) in [6, 6.07) is 1.49. The number of nitrogens with zero attached hydrogens (tertiary/aromatic N) is 2. The van der Waals surface area contributed by atoms with Crippen LogP contribution in [0.15, 0.2) is 17.1 Å². The molecule has 0 atom stereocenters. The molecule has 1 aliphatic rings. The van der Waals surface area contributed by atoms with Crippen molar-refractivity contribution in [2.75, 3.05) is 6.54 Å². The molecular formula is C7H11Cl2N3O. The van der Waals surface area contributed by atoms with E-state index >= 15 is 0 Å². The number of nitrogens with one attached hydrogen (secondary N) is 1. The lowest BCUT2D eigenvalue weighted by Crippen LogP contribution is -2.36. The van der Waals surface area contributed by atoms with E-state index in [2.05, 4.69) is 10.3 Å². The van der Waals surface area contributed by atoms with Gasteiger partial charge in [0.25, 0.3) is 5.56 Å². The van der Waals surface area contributed by atoms with Crippen molar-refractivity contribution in [2.45, 2.75) is 13.1 Å². The topological polar surface area (TPSA) is 46.9 Å². The number of hydrogen-bond donors (Lipinski definition) is 1. The second-order valence-electron chi connectivity index (χ2n) is 2.53. The molecule has 2 rings (SSSR count).